The summed E-state index contributed by atoms with van der Waals surface area (Å²) in [6.07, 6.45) is 5.59. The van der Waals surface area contributed by atoms with Crippen LogP contribution in [0.25, 0.3) is 10.2 Å². The van der Waals surface area contributed by atoms with Crippen LogP contribution in [-0.4, -0.2) is 71.6 Å². The van der Waals surface area contributed by atoms with E-state index in [1.807, 2.05) is 12.1 Å². The van der Waals surface area contributed by atoms with Gasteiger partial charge in [0.15, 0.2) is 6.54 Å². The fraction of sp³-hybridized carbons (Fsp3) is 0.455. The van der Waals surface area contributed by atoms with Crippen LogP contribution in [0.2, 0.25) is 0 Å². The van der Waals surface area contributed by atoms with E-state index in [9.17, 15) is 4.79 Å². The molecule has 2 aliphatic heterocycles. The fourth-order valence-corrected chi connectivity index (χ4v) is 5.56. The summed E-state index contributed by atoms with van der Waals surface area (Å²) in [5.74, 6) is 1.56. The molecule has 0 spiro atoms. The lowest BCUT2D eigenvalue weighted by Crippen LogP contribution is -3.16. The number of rotatable bonds is 4. The van der Waals surface area contributed by atoms with Gasteiger partial charge < -0.3 is 14.7 Å². The summed E-state index contributed by atoms with van der Waals surface area (Å²) in [6.45, 7) is 5.97. The first kappa shape index (κ1) is 19.4. The summed E-state index contributed by atoms with van der Waals surface area (Å²) >= 11 is 1.81. The highest BCUT2D eigenvalue weighted by atomic mass is 32.1. The minimum Gasteiger partial charge on any atom is -0.338 e. The number of hydrogen-bond donors (Lipinski definition) is 1. The SMILES string of the molecule is O=C(C[NH+]1CCN(c2ncccn2)CC1)N1CCC(c2nc3ccccc3s2)CC1. The van der Waals surface area contributed by atoms with Gasteiger partial charge in [-0.25, -0.2) is 15.0 Å². The third kappa shape index (κ3) is 4.15. The molecule has 156 valence electrons. The van der Waals surface area contributed by atoms with Crippen LogP contribution in [0.5, 0.6) is 0 Å². The Kier molecular flexibility index (Phi) is 5.59. The average molecular weight is 424 g/mol. The van der Waals surface area contributed by atoms with E-state index in [0.717, 1.165) is 63.6 Å². The number of hydrogen-bond acceptors (Lipinski definition) is 6. The molecule has 8 heteroatoms. The van der Waals surface area contributed by atoms with Gasteiger partial charge in [0.25, 0.3) is 5.91 Å². The third-order valence-corrected chi connectivity index (χ3v) is 7.41. The molecule has 0 aliphatic carbocycles. The van der Waals surface area contributed by atoms with Crippen LogP contribution >= 0.6 is 11.3 Å². The van der Waals surface area contributed by atoms with Crippen molar-refractivity contribution in [2.45, 2.75) is 18.8 Å². The molecular formula is C22H27N6OS+. The first-order chi connectivity index (χ1) is 14.8. The van der Waals surface area contributed by atoms with Crippen molar-refractivity contribution in [1.82, 2.24) is 19.9 Å². The number of piperidine rings is 1. The predicted octanol–water partition coefficient (Wildman–Crippen LogP) is 1.20. The second-order valence-electron chi connectivity index (χ2n) is 8.14. The largest absolute Gasteiger partial charge is 0.338 e. The lowest BCUT2D eigenvalue weighted by atomic mass is 9.97. The molecule has 2 fully saturated rings. The van der Waals surface area contributed by atoms with Gasteiger partial charge in [-0.15, -0.1) is 11.3 Å². The molecule has 1 aromatic carbocycles. The summed E-state index contributed by atoms with van der Waals surface area (Å²) in [5.41, 5.74) is 1.10. The number of quaternary nitrogens is 1. The summed E-state index contributed by atoms with van der Waals surface area (Å²) in [4.78, 5) is 32.0. The van der Waals surface area contributed by atoms with E-state index in [1.165, 1.54) is 14.6 Å². The van der Waals surface area contributed by atoms with Gasteiger partial charge in [-0.1, -0.05) is 12.1 Å². The molecule has 2 aromatic heterocycles. The number of likely N-dealkylation sites (tertiary alicyclic amines) is 1. The molecule has 1 N–H and O–H groups in total. The molecule has 0 unspecified atom stereocenters. The number of nitrogens with one attached hydrogen (secondary N) is 1. The van der Waals surface area contributed by atoms with E-state index >= 15 is 0 Å². The van der Waals surface area contributed by atoms with Crippen molar-refractivity contribution in [2.75, 3.05) is 50.7 Å². The molecule has 0 bridgehead atoms. The lowest BCUT2D eigenvalue weighted by molar-refractivity contribution is -0.892. The zero-order valence-corrected chi connectivity index (χ0v) is 17.9. The Labute approximate surface area is 180 Å². The molecule has 2 aliphatic rings. The van der Waals surface area contributed by atoms with E-state index in [-0.39, 0.29) is 5.91 Å². The van der Waals surface area contributed by atoms with Crippen LogP contribution in [0.15, 0.2) is 42.7 Å². The zero-order chi connectivity index (χ0) is 20.3. The molecular weight excluding hydrogens is 396 g/mol. The molecule has 4 heterocycles. The van der Waals surface area contributed by atoms with Gasteiger partial charge in [-0.3, -0.25) is 4.79 Å². The number of carbonyl (C=O) groups is 1. The lowest BCUT2D eigenvalue weighted by Gasteiger charge is -2.34. The normalized spacial score (nSPS) is 18.8. The maximum atomic E-state index is 12.9. The Morgan fingerprint density at radius 1 is 1.03 bits per heavy atom. The topological polar surface area (TPSA) is 66.7 Å². The van der Waals surface area contributed by atoms with Crippen LogP contribution < -0.4 is 9.80 Å². The summed E-state index contributed by atoms with van der Waals surface area (Å²) in [7, 11) is 0. The van der Waals surface area contributed by atoms with Crippen molar-refractivity contribution in [1.29, 1.82) is 0 Å². The number of carbonyl (C=O) groups excluding carboxylic acids is 1. The highest BCUT2D eigenvalue weighted by Crippen LogP contribution is 2.33. The summed E-state index contributed by atoms with van der Waals surface area (Å²) in [5, 5.41) is 1.23. The van der Waals surface area contributed by atoms with E-state index in [1.54, 1.807) is 23.7 Å². The van der Waals surface area contributed by atoms with Gasteiger partial charge in [-0.2, -0.15) is 0 Å². The maximum Gasteiger partial charge on any atom is 0.277 e. The molecule has 2 saturated heterocycles. The molecule has 7 nitrogen and oxygen atoms in total. The van der Waals surface area contributed by atoms with Gasteiger partial charge in [0.05, 0.1) is 41.4 Å². The number of benzene rings is 1. The third-order valence-electron chi connectivity index (χ3n) is 6.21. The van der Waals surface area contributed by atoms with Gasteiger partial charge in [0.1, 0.15) is 0 Å². The molecule has 0 radical (unpaired) electrons. The van der Waals surface area contributed by atoms with Crippen LogP contribution in [0, 0.1) is 0 Å². The van der Waals surface area contributed by atoms with Crippen LogP contribution in [0.3, 0.4) is 0 Å². The van der Waals surface area contributed by atoms with Crippen molar-refractivity contribution in [3.8, 4) is 0 Å². The van der Waals surface area contributed by atoms with Crippen molar-refractivity contribution in [3.05, 3.63) is 47.7 Å². The number of aromatic nitrogens is 3. The first-order valence-corrected chi connectivity index (χ1v) is 11.6. The van der Waals surface area contributed by atoms with Crippen LogP contribution in [-0.2, 0) is 4.79 Å². The Balaban J connectivity index is 1.10. The Hall–Kier alpha value is -2.58. The fourth-order valence-electron chi connectivity index (χ4n) is 4.42. The van der Waals surface area contributed by atoms with Crippen LogP contribution in [0.4, 0.5) is 5.95 Å². The number of fused-ring (bicyclic) bond motifs is 1. The van der Waals surface area contributed by atoms with Crippen molar-refractivity contribution >= 4 is 33.4 Å². The number of piperazine rings is 1. The average Bonchev–Trinajstić information content (AvgIpc) is 3.25. The van der Waals surface area contributed by atoms with Crippen molar-refractivity contribution < 1.29 is 9.69 Å². The van der Waals surface area contributed by atoms with Gasteiger partial charge in [-0.05, 0) is 31.0 Å². The summed E-state index contributed by atoms with van der Waals surface area (Å²) in [6, 6.07) is 10.2. The Morgan fingerprint density at radius 3 is 2.50 bits per heavy atom. The number of para-hydroxylation sites is 1. The first-order valence-electron chi connectivity index (χ1n) is 10.7. The number of anilines is 1. The monoisotopic (exact) mass is 423 g/mol. The maximum absolute atomic E-state index is 12.9. The minimum absolute atomic E-state index is 0.289. The summed E-state index contributed by atoms with van der Waals surface area (Å²) < 4.78 is 1.26. The van der Waals surface area contributed by atoms with Gasteiger partial charge in [0, 0.05) is 31.4 Å². The second kappa shape index (κ2) is 8.65. The quantitative estimate of drug-likeness (QED) is 0.683. The van der Waals surface area contributed by atoms with E-state index < -0.39 is 0 Å². The van der Waals surface area contributed by atoms with E-state index in [4.69, 9.17) is 4.98 Å². The number of nitrogens with zero attached hydrogens (tertiary/aromatic N) is 5. The highest BCUT2D eigenvalue weighted by molar-refractivity contribution is 7.18. The number of thiazole rings is 1. The smallest absolute Gasteiger partial charge is 0.277 e. The number of amides is 1. The van der Waals surface area contributed by atoms with E-state index in [0.29, 0.717) is 12.5 Å². The highest BCUT2D eigenvalue weighted by Gasteiger charge is 2.29. The van der Waals surface area contributed by atoms with E-state index in [2.05, 4.69) is 38.0 Å². The second-order valence-corrected chi connectivity index (χ2v) is 9.20. The molecule has 0 atom stereocenters. The molecule has 3 aromatic rings. The van der Waals surface area contributed by atoms with Crippen molar-refractivity contribution in [2.24, 2.45) is 0 Å². The Morgan fingerprint density at radius 2 is 1.77 bits per heavy atom. The zero-order valence-electron chi connectivity index (χ0n) is 17.0. The van der Waals surface area contributed by atoms with Crippen LogP contribution in [0.1, 0.15) is 23.8 Å². The molecule has 0 saturated carbocycles. The predicted molar refractivity (Wildman–Crippen MR) is 118 cm³/mol. The molecule has 5 rings (SSSR count). The Bertz CT molecular complexity index is 960. The van der Waals surface area contributed by atoms with Gasteiger partial charge in [0.2, 0.25) is 5.95 Å². The minimum atomic E-state index is 0.289. The molecule has 1 amide bonds. The van der Waals surface area contributed by atoms with Gasteiger partial charge >= 0.3 is 0 Å². The van der Waals surface area contributed by atoms with Crippen molar-refractivity contribution in [3.63, 3.8) is 0 Å². The standard InChI is InChI=1S/C22H26N6OS/c29-20(16-26-12-14-28(15-13-26)22-23-8-3-9-24-22)27-10-6-17(7-11-27)21-25-18-4-1-2-5-19(18)30-21/h1-5,8-9,17H,6-7,10-16H2/p+1. The molecule has 30 heavy (non-hydrogen) atoms.